The highest BCUT2D eigenvalue weighted by atomic mass is 32.2. The molecule has 0 spiro atoms. The Morgan fingerprint density at radius 3 is 2.79 bits per heavy atom. The van der Waals surface area contributed by atoms with Crippen molar-refractivity contribution in [1.82, 2.24) is 4.98 Å². The predicted octanol–water partition coefficient (Wildman–Crippen LogP) is 4.16. The Balaban J connectivity index is 1.94. The minimum Gasteiger partial charge on any atom is -0.431 e. The lowest BCUT2D eigenvalue weighted by atomic mass is 10.2. The van der Waals surface area contributed by atoms with Gasteiger partial charge in [-0.25, -0.2) is 4.98 Å². The Kier molecular flexibility index (Phi) is 2.98. The van der Waals surface area contributed by atoms with Crippen LogP contribution >= 0.6 is 11.8 Å². The first-order valence-corrected chi connectivity index (χ1v) is 6.62. The molecule has 1 aromatic heterocycles. The first-order chi connectivity index (χ1) is 9.26. The summed E-state index contributed by atoms with van der Waals surface area (Å²) in [6.07, 6.45) is 0. The van der Waals surface area contributed by atoms with Crippen molar-refractivity contribution in [2.24, 2.45) is 0 Å². The smallest absolute Gasteiger partial charge is 0.261 e. The van der Waals surface area contributed by atoms with Gasteiger partial charge in [0.15, 0.2) is 5.58 Å². The summed E-state index contributed by atoms with van der Waals surface area (Å²) in [5, 5.41) is 9.47. The third-order valence-corrected chi connectivity index (χ3v) is 3.80. The van der Waals surface area contributed by atoms with Crippen molar-refractivity contribution in [3.05, 3.63) is 53.6 Å². The summed E-state index contributed by atoms with van der Waals surface area (Å²) in [6.45, 7) is 1.98. The lowest BCUT2D eigenvalue weighted by molar-refractivity contribution is 0.489. The van der Waals surface area contributed by atoms with Gasteiger partial charge in [0.05, 0.1) is 11.6 Å². The number of oxazole rings is 1. The Morgan fingerprint density at radius 1 is 1.21 bits per heavy atom. The number of aryl methyl sites for hydroxylation is 1. The summed E-state index contributed by atoms with van der Waals surface area (Å²) in [4.78, 5) is 5.47. The Morgan fingerprint density at radius 2 is 2.05 bits per heavy atom. The number of nitrogens with zero attached hydrogens (tertiary/aromatic N) is 2. The number of fused-ring (bicyclic) bond motifs is 1. The van der Waals surface area contributed by atoms with Gasteiger partial charge in [0.25, 0.3) is 5.22 Å². The number of hydrogen-bond donors (Lipinski definition) is 0. The van der Waals surface area contributed by atoms with Gasteiger partial charge in [-0.15, -0.1) is 0 Å². The van der Waals surface area contributed by atoms with E-state index in [1.165, 1.54) is 11.8 Å². The lowest BCUT2D eigenvalue weighted by Gasteiger charge is -2.02. The van der Waals surface area contributed by atoms with E-state index >= 15 is 0 Å². The van der Waals surface area contributed by atoms with E-state index in [9.17, 15) is 0 Å². The highest BCUT2D eigenvalue weighted by molar-refractivity contribution is 7.99. The molecule has 0 unspecified atom stereocenters. The molecule has 92 valence electrons. The third kappa shape index (κ3) is 2.33. The maximum Gasteiger partial charge on any atom is 0.261 e. The van der Waals surface area contributed by atoms with Crippen LogP contribution in [-0.2, 0) is 0 Å². The van der Waals surface area contributed by atoms with E-state index in [2.05, 4.69) is 11.1 Å². The number of benzene rings is 2. The standard InChI is InChI=1S/C15H10N2OS/c1-10-8-11(9-16)6-7-14(10)19-15-17-12-4-2-3-5-13(12)18-15/h2-8H,1H3. The normalized spacial score (nSPS) is 10.5. The molecule has 0 radical (unpaired) electrons. The summed E-state index contributed by atoms with van der Waals surface area (Å²) in [5.41, 5.74) is 3.36. The van der Waals surface area contributed by atoms with Crippen LogP contribution in [0, 0.1) is 18.3 Å². The zero-order valence-electron chi connectivity index (χ0n) is 10.3. The van der Waals surface area contributed by atoms with E-state index in [-0.39, 0.29) is 0 Å². The fourth-order valence-corrected chi connectivity index (χ4v) is 2.64. The molecule has 0 amide bonds. The van der Waals surface area contributed by atoms with Crippen molar-refractivity contribution in [1.29, 1.82) is 5.26 Å². The molecule has 1 heterocycles. The molecule has 0 N–H and O–H groups in total. The number of para-hydroxylation sites is 2. The largest absolute Gasteiger partial charge is 0.431 e. The number of aromatic nitrogens is 1. The van der Waals surface area contributed by atoms with Crippen molar-refractivity contribution in [2.45, 2.75) is 17.0 Å². The summed E-state index contributed by atoms with van der Waals surface area (Å²) < 4.78 is 5.67. The monoisotopic (exact) mass is 266 g/mol. The van der Waals surface area contributed by atoms with Crippen molar-refractivity contribution in [3.63, 3.8) is 0 Å². The van der Waals surface area contributed by atoms with E-state index in [0.29, 0.717) is 10.8 Å². The molecule has 3 nitrogen and oxygen atoms in total. The molecule has 0 atom stereocenters. The molecule has 4 heteroatoms. The average Bonchev–Trinajstić information content (AvgIpc) is 2.83. The molecule has 0 fully saturated rings. The summed E-state index contributed by atoms with van der Waals surface area (Å²) in [6, 6.07) is 15.4. The van der Waals surface area contributed by atoms with Gasteiger partial charge in [-0.05, 0) is 54.6 Å². The van der Waals surface area contributed by atoms with Crippen LogP contribution in [0.2, 0.25) is 0 Å². The van der Waals surface area contributed by atoms with Crippen LogP contribution in [0.1, 0.15) is 11.1 Å². The van der Waals surface area contributed by atoms with E-state index in [0.717, 1.165) is 21.6 Å². The highest BCUT2D eigenvalue weighted by Crippen LogP contribution is 2.32. The van der Waals surface area contributed by atoms with Gasteiger partial charge in [-0.1, -0.05) is 12.1 Å². The molecule has 0 aliphatic carbocycles. The SMILES string of the molecule is Cc1cc(C#N)ccc1Sc1nc2ccccc2o1. The van der Waals surface area contributed by atoms with E-state index in [1.54, 1.807) is 6.07 Å². The first kappa shape index (κ1) is 11.8. The average molecular weight is 266 g/mol. The minimum absolute atomic E-state index is 0.619. The molecule has 3 aromatic rings. The lowest BCUT2D eigenvalue weighted by Crippen LogP contribution is -1.82. The zero-order valence-corrected chi connectivity index (χ0v) is 11.1. The molecule has 0 aliphatic rings. The Bertz CT molecular complexity index is 753. The van der Waals surface area contributed by atoms with E-state index < -0.39 is 0 Å². The Labute approximate surface area is 114 Å². The Hall–Kier alpha value is -2.25. The van der Waals surface area contributed by atoms with Crippen LogP contribution in [0.15, 0.2) is 57.0 Å². The first-order valence-electron chi connectivity index (χ1n) is 5.80. The second-order valence-electron chi connectivity index (χ2n) is 4.14. The maximum absolute atomic E-state index is 8.85. The summed E-state index contributed by atoms with van der Waals surface area (Å²) in [5.74, 6) is 0. The van der Waals surface area contributed by atoms with Crippen molar-refractivity contribution < 1.29 is 4.42 Å². The number of hydrogen-bond acceptors (Lipinski definition) is 4. The predicted molar refractivity (Wildman–Crippen MR) is 74.0 cm³/mol. The molecule has 19 heavy (non-hydrogen) atoms. The maximum atomic E-state index is 8.85. The number of nitriles is 1. The zero-order chi connectivity index (χ0) is 13.2. The van der Waals surface area contributed by atoms with Gasteiger partial charge in [-0.3, -0.25) is 0 Å². The molecular weight excluding hydrogens is 256 g/mol. The van der Waals surface area contributed by atoms with Crippen LogP contribution < -0.4 is 0 Å². The summed E-state index contributed by atoms with van der Waals surface area (Å²) in [7, 11) is 0. The van der Waals surface area contributed by atoms with Gasteiger partial charge in [-0.2, -0.15) is 5.26 Å². The van der Waals surface area contributed by atoms with Gasteiger partial charge in [0.1, 0.15) is 5.52 Å². The second-order valence-corrected chi connectivity index (χ2v) is 5.13. The van der Waals surface area contributed by atoms with E-state index in [4.69, 9.17) is 9.68 Å². The van der Waals surface area contributed by atoms with Crippen LogP contribution in [0.4, 0.5) is 0 Å². The molecule has 0 aliphatic heterocycles. The molecule has 3 rings (SSSR count). The molecule has 2 aromatic carbocycles. The molecule has 0 saturated heterocycles. The quantitative estimate of drug-likeness (QED) is 0.698. The van der Waals surface area contributed by atoms with Crippen LogP contribution in [-0.4, -0.2) is 4.98 Å². The highest BCUT2D eigenvalue weighted by Gasteiger charge is 2.09. The van der Waals surface area contributed by atoms with Crippen LogP contribution in [0.25, 0.3) is 11.1 Å². The fraction of sp³-hybridized carbons (Fsp3) is 0.0667. The van der Waals surface area contributed by atoms with Gasteiger partial charge in [0, 0.05) is 4.90 Å². The van der Waals surface area contributed by atoms with Crippen molar-refractivity contribution in [3.8, 4) is 6.07 Å². The third-order valence-electron chi connectivity index (χ3n) is 2.78. The number of rotatable bonds is 2. The van der Waals surface area contributed by atoms with Crippen LogP contribution in [0.3, 0.4) is 0 Å². The molecule has 0 bridgehead atoms. The van der Waals surface area contributed by atoms with Gasteiger partial charge < -0.3 is 4.42 Å². The van der Waals surface area contributed by atoms with E-state index in [1.807, 2.05) is 43.3 Å². The topological polar surface area (TPSA) is 49.8 Å². The van der Waals surface area contributed by atoms with Crippen LogP contribution in [0.5, 0.6) is 0 Å². The minimum atomic E-state index is 0.619. The van der Waals surface area contributed by atoms with Crippen molar-refractivity contribution >= 4 is 22.9 Å². The van der Waals surface area contributed by atoms with Crippen molar-refractivity contribution in [2.75, 3.05) is 0 Å². The second kappa shape index (κ2) is 4.79. The molecular formula is C15H10N2OS. The van der Waals surface area contributed by atoms with Gasteiger partial charge in [0.2, 0.25) is 0 Å². The van der Waals surface area contributed by atoms with Gasteiger partial charge >= 0.3 is 0 Å². The summed E-state index contributed by atoms with van der Waals surface area (Å²) >= 11 is 1.47. The fourth-order valence-electron chi connectivity index (χ4n) is 1.82. The molecule has 0 saturated carbocycles.